The summed E-state index contributed by atoms with van der Waals surface area (Å²) in [6.45, 7) is 7.88. The second-order valence-electron chi connectivity index (χ2n) is 9.45. The van der Waals surface area contributed by atoms with Gasteiger partial charge in [-0.05, 0) is 83.0 Å². The van der Waals surface area contributed by atoms with Crippen molar-refractivity contribution in [1.82, 2.24) is 15.5 Å². The van der Waals surface area contributed by atoms with Gasteiger partial charge in [0.1, 0.15) is 5.75 Å². The van der Waals surface area contributed by atoms with Gasteiger partial charge in [0.15, 0.2) is 5.96 Å². The number of hydrogen-bond donors (Lipinski definition) is 2. The number of benzene rings is 1. The van der Waals surface area contributed by atoms with E-state index in [0.29, 0.717) is 12.6 Å². The fraction of sp³-hybridized carbons (Fsp3) is 0.720. The third kappa shape index (κ3) is 5.72. The molecule has 1 saturated carbocycles. The Labute approximate surface area is 187 Å². The van der Waals surface area contributed by atoms with Crippen LogP contribution in [0.4, 0.5) is 0 Å². The van der Waals surface area contributed by atoms with E-state index in [9.17, 15) is 0 Å². The minimum Gasteiger partial charge on any atom is -0.490 e. The fourth-order valence-electron chi connectivity index (χ4n) is 5.30. The summed E-state index contributed by atoms with van der Waals surface area (Å²) >= 11 is 0. The summed E-state index contributed by atoms with van der Waals surface area (Å²) in [6, 6.07) is 6.53. The lowest BCUT2D eigenvalue weighted by atomic mass is 9.88. The third-order valence-electron chi connectivity index (χ3n) is 7.27. The summed E-state index contributed by atoms with van der Waals surface area (Å²) < 4.78 is 12.1. The normalized spacial score (nSPS) is 22.6. The van der Waals surface area contributed by atoms with E-state index < -0.39 is 0 Å². The lowest BCUT2D eigenvalue weighted by molar-refractivity contribution is -0.0164. The number of guanidine groups is 1. The monoisotopic (exact) mass is 428 g/mol. The highest BCUT2D eigenvalue weighted by Crippen LogP contribution is 2.31. The van der Waals surface area contributed by atoms with Gasteiger partial charge in [-0.15, -0.1) is 0 Å². The summed E-state index contributed by atoms with van der Waals surface area (Å²) in [5.41, 5.74) is 2.62. The van der Waals surface area contributed by atoms with Crippen LogP contribution in [0.3, 0.4) is 0 Å². The minimum absolute atomic E-state index is 0.187. The van der Waals surface area contributed by atoms with Gasteiger partial charge in [0.25, 0.3) is 0 Å². The van der Waals surface area contributed by atoms with Crippen LogP contribution >= 0.6 is 0 Å². The van der Waals surface area contributed by atoms with E-state index >= 15 is 0 Å². The molecule has 6 nitrogen and oxygen atoms in total. The van der Waals surface area contributed by atoms with Gasteiger partial charge in [0, 0.05) is 44.5 Å². The molecule has 31 heavy (non-hydrogen) atoms. The molecule has 0 radical (unpaired) electrons. The first-order valence-corrected chi connectivity index (χ1v) is 12.2. The maximum Gasteiger partial charge on any atom is 0.191 e. The summed E-state index contributed by atoms with van der Waals surface area (Å²) in [4.78, 5) is 7.18. The predicted octanol–water partition coefficient (Wildman–Crippen LogP) is 3.63. The molecule has 3 aliphatic rings. The molecular formula is C25H40N4O2. The van der Waals surface area contributed by atoms with Crippen LogP contribution in [0, 0.1) is 6.92 Å². The number of aliphatic imine (C=N–C) groups is 1. The number of aryl methyl sites for hydroxylation is 1. The molecule has 2 N–H and O–H groups in total. The lowest BCUT2D eigenvalue weighted by Gasteiger charge is -2.45. The van der Waals surface area contributed by atoms with E-state index in [1.54, 1.807) is 0 Å². The van der Waals surface area contributed by atoms with Gasteiger partial charge < -0.3 is 20.1 Å². The van der Waals surface area contributed by atoms with E-state index in [-0.39, 0.29) is 5.54 Å². The zero-order chi connectivity index (χ0) is 21.5. The van der Waals surface area contributed by atoms with Gasteiger partial charge >= 0.3 is 0 Å². The predicted molar refractivity (Wildman–Crippen MR) is 126 cm³/mol. The third-order valence-corrected chi connectivity index (χ3v) is 7.27. The topological polar surface area (TPSA) is 58.1 Å². The van der Waals surface area contributed by atoms with Crippen molar-refractivity contribution >= 4 is 5.96 Å². The molecule has 0 aromatic heterocycles. The highest BCUT2D eigenvalue weighted by Gasteiger charge is 2.39. The Morgan fingerprint density at radius 3 is 2.58 bits per heavy atom. The lowest BCUT2D eigenvalue weighted by Crippen LogP contribution is -2.58. The Bertz CT molecular complexity index is 733. The SMILES string of the molecule is CN=C(NCc1ccc(C)cc1OC1CCCC1)NCC1(N2CCCC2)CCOCC1. The average Bonchev–Trinajstić information content (AvgIpc) is 3.50. The van der Waals surface area contributed by atoms with Gasteiger partial charge in [0.2, 0.25) is 0 Å². The molecule has 2 aliphatic heterocycles. The van der Waals surface area contributed by atoms with Crippen LogP contribution in [0.15, 0.2) is 23.2 Å². The highest BCUT2D eigenvalue weighted by molar-refractivity contribution is 5.79. The van der Waals surface area contributed by atoms with Crippen LogP contribution in [-0.4, -0.2) is 62.4 Å². The van der Waals surface area contributed by atoms with Crippen LogP contribution in [0.5, 0.6) is 5.75 Å². The minimum atomic E-state index is 0.187. The van der Waals surface area contributed by atoms with Crippen molar-refractivity contribution in [3.63, 3.8) is 0 Å². The summed E-state index contributed by atoms with van der Waals surface area (Å²) in [7, 11) is 1.85. The second-order valence-corrected chi connectivity index (χ2v) is 9.45. The summed E-state index contributed by atoms with van der Waals surface area (Å²) in [6.07, 6.45) is 10.1. The van der Waals surface area contributed by atoms with E-state index in [4.69, 9.17) is 9.47 Å². The van der Waals surface area contributed by atoms with Crippen molar-refractivity contribution in [2.24, 2.45) is 4.99 Å². The molecule has 0 atom stereocenters. The van der Waals surface area contributed by atoms with Crippen LogP contribution in [-0.2, 0) is 11.3 Å². The molecule has 0 spiro atoms. The molecular weight excluding hydrogens is 388 g/mol. The van der Waals surface area contributed by atoms with Crippen molar-refractivity contribution in [2.75, 3.05) is 39.9 Å². The van der Waals surface area contributed by atoms with E-state index in [0.717, 1.165) is 44.3 Å². The highest BCUT2D eigenvalue weighted by atomic mass is 16.5. The average molecular weight is 429 g/mol. The Balaban J connectivity index is 1.36. The molecule has 172 valence electrons. The van der Waals surface area contributed by atoms with Crippen molar-refractivity contribution in [3.8, 4) is 5.75 Å². The van der Waals surface area contributed by atoms with Crippen molar-refractivity contribution < 1.29 is 9.47 Å². The number of rotatable bonds is 7. The standard InChI is InChI=1S/C25H40N4O2/c1-20-9-10-21(23(17-20)31-22-7-3-4-8-22)18-27-24(26-2)28-19-25(11-15-30-16-12-25)29-13-5-6-14-29/h9-10,17,22H,3-8,11-16,18-19H2,1-2H3,(H2,26,27,28). The molecule has 0 amide bonds. The molecule has 2 saturated heterocycles. The quantitative estimate of drug-likeness (QED) is 0.513. The van der Waals surface area contributed by atoms with Gasteiger partial charge in [-0.2, -0.15) is 0 Å². The van der Waals surface area contributed by atoms with E-state index in [1.165, 1.54) is 62.7 Å². The molecule has 0 unspecified atom stereocenters. The Hall–Kier alpha value is -1.79. The van der Waals surface area contributed by atoms with Gasteiger partial charge in [-0.1, -0.05) is 12.1 Å². The number of ether oxygens (including phenoxy) is 2. The Kier molecular flexibility index (Phi) is 7.72. The zero-order valence-electron chi connectivity index (χ0n) is 19.4. The van der Waals surface area contributed by atoms with Crippen LogP contribution in [0.25, 0.3) is 0 Å². The molecule has 2 heterocycles. The first-order valence-electron chi connectivity index (χ1n) is 12.2. The first-order chi connectivity index (χ1) is 15.2. The number of hydrogen-bond acceptors (Lipinski definition) is 4. The van der Waals surface area contributed by atoms with Gasteiger partial charge in [-0.3, -0.25) is 9.89 Å². The van der Waals surface area contributed by atoms with Crippen LogP contribution in [0.2, 0.25) is 0 Å². The van der Waals surface area contributed by atoms with E-state index in [2.05, 4.69) is 45.6 Å². The van der Waals surface area contributed by atoms with Crippen molar-refractivity contribution in [2.45, 2.75) is 76.5 Å². The second kappa shape index (κ2) is 10.7. The van der Waals surface area contributed by atoms with Crippen molar-refractivity contribution in [3.05, 3.63) is 29.3 Å². The Morgan fingerprint density at radius 1 is 1.13 bits per heavy atom. The first kappa shape index (κ1) is 22.4. The van der Waals surface area contributed by atoms with Crippen LogP contribution < -0.4 is 15.4 Å². The number of nitrogens with one attached hydrogen (secondary N) is 2. The number of likely N-dealkylation sites (tertiary alicyclic amines) is 1. The molecule has 4 rings (SSSR count). The Morgan fingerprint density at radius 2 is 1.87 bits per heavy atom. The molecule has 0 bridgehead atoms. The maximum atomic E-state index is 6.37. The molecule has 1 aliphatic carbocycles. The summed E-state index contributed by atoms with van der Waals surface area (Å²) in [5.74, 6) is 1.88. The van der Waals surface area contributed by atoms with Crippen molar-refractivity contribution in [1.29, 1.82) is 0 Å². The van der Waals surface area contributed by atoms with E-state index in [1.807, 2.05) is 7.05 Å². The molecule has 1 aromatic rings. The molecule has 6 heteroatoms. The largest absolute Gasteiger partial charge is 0.490 e. The maximum absolute atomic E-state index is 6.37. The summed E-state index contributed by atoms with van der Waals surface area (Å²) in [5, 5.41) is 7.16. The smallest absolute Gasteiger partial charge is 0.191 e. The molecule has 3 fully saturated rings. The van der Waals surface area contributed by atoms with Crippen LogP contribution in [0.1, 0.15) is 62.5 Å². The molecule has 1 aromatic carbocycles. The van der Waals surface area contributed by atoms with Gasteiger partial charge in [-0.25, -0.2) is 0 Å². The number of nitrogens with zero attached hydrogens (tertiary/aromatic N) is 2. The zero-order valence-corrected chi connectivity index (χ0v) is 19.4. The van der Waals surface area contributed by atoms with Gasteiger partial charge in [0.05, 0.1) is 6.10 Å². The fourth-order valence-corrected chi connectivity index (χ4v) is 5.30.